The first-order chi connectivity index (χ1) is 9.13. The Balaban J connectivity index is 1.61. The van der Waals surface area contributed by atoms with Crippen LogP contribution in [0.1, 0.15) is 12.8 Å². The van der Waals surface area contributed by atoms with E-state index in [0.29, 0.717) is 12.3 Å². The van der Waals surface area contributed by atoms with Gasteiger partial charge in [0.2, 0.25) is 0 Å². The molecule has 1 unspecified atom stereocenters. The molecule has 2 rings (SSSR count). The summed E-state index contributed by atoms with van der Waals surface area (Å²) in [5, 5.41) is 22.0. The molecule has 0 aromatic heterocycles. The number of ether oxygens (including phenoxy) is 1. The van der Waals surface area contributed by atoms with Gasteiger partial charge in [0.1, 0.15) is 24.3 Å². The summed E-state index contributed by atoms with van der Waals surface area (Å²) in [6, 6.07) is 5.69. The van der Waals surface area contributed by atoms with Crippen LogP contribution in [0.25, 0.3) is 0 Å². The highest BCUT2D eigenvalue weighted by Crippen LogP contribution is 2.44. The number of hydrogen-bond acceptors (Lipinski definition) is 4. The van der Waals surface area contributed by atoms with Crippen LogP contribution in [0.3, 0.4) is 0 Å². The normalized spacial score (nSPS) is 18.1. The van der Waals surface area contributed by atoms with Gasteiger partial charge in [-0.15, -0.1) is 0 Å². The second kappa shape index (κ2) is 6.32. The molecule has 4 nitrogen and oxygen atoms in total. The summed E-state index contributed by atoms with van der Waals surface area (Å²) in [5.74, 6) is 0.225. The van der Waals surface area contributed by atoms with Gasteiger partial charge in [0, 0.05) is 25.1 Å². The van der Waals surface area contributed by atoms with Crippen LogP contribution in [0, 0.1) is 11.2 Å². The molecule has 1 aliphatic rings. The van der Waals surface area contributed by atoms with Crippen molar-refractivity contribution >= 4 is 0 Å². The van der Waals surface area contributed by atoms with Crippen LogP contribution in [-0.4, -0.2) is 42.6 Å². The van der Waals surface area contributed by atoms with Crippen molar-refractivity contribution in [1.82, 2.24) is 5.32 Å². The lowest BCUT2D eigenvalue weighted by Crippen LogP contribution is -2.35. The molecule has 0 amide bonds. The largest absolute Gasteiger partial charge is 0.491 e. The number of rotatable bonds is 8. The van der Waals surface area contributed by atoms with Crippen LogP contribution in [0.4, 0.5) is 4.39 Å². The molecule has 0 radical (unpaired) electrons. The van der Waals surface area contributed by atoms with Gasteiger partial charge in [-0.25, -0.2) is 4.39 Å². The minimum Gasteiger partial charge on any atom is -0.491 e. The number of halogens is 1. The lowest BCUT2D eigenvalue weighted by Gasteiger charge is -2.16. The van der Waals surface area contributed by atoms with Gasteiger partial charge in [0.05, 0.1) is 0 Å². The lowest BCUT2D eigenvalue weighted by atomic mass is 10.1. The van der Waals surface area contributed by atoms with Gasteiger partial charge in [-0.1, -0.05) is 0 Å². The molecule has 0 aliphatic heterocycles. The average molecular weight is 269 g/mol. The first-order valence-corrected chi connectivity index (χ1v) is 6.52. The number of aliphatic hydroxyl groups is 2. The fourth-order valence-corrected chi connectivity index (χ4v) is 1.85. The van der Waals surface area contributed by atoms with Gasteiger partial charge in [0.25, 0.3) is 0 Å². The molecule has 1 atom stereocenters. The van der Waals surface area contributed by atoms with E-state index in [4.69, 9.17) is 9.84 Å². The maximum Gasteiger partial charge on any atom is 0.123 e. The fraction of sp³-hybridized carbons (Fsp3) is 0.571. The zero-order valence-electron chi connectivity index (χ0n) is 10.8. The third kappa shape index (κ3) is 4.45. The number of aliphatic hydroxyl groups excluding tert-OH is 2. The topological polar surface area (TPSA) is 61.7 Å². The van der Waals surface area contributed by atoms with E-state index in [1.54, 1.807) is 0 Å². The van der Waals surface area contributed by atoms with Crippen LogP contribution in [0.2, 0.25) is 0 Å². The van der Waals surface area contributed by atoms with Crippen LogP contribution < -0.4 is 10.1 Å². The Morgan fingerprint density at radius 3 is 2.58 bits per heavy atom. The minimum absolute atomic E-state index is 0.0392. The van der Waals surface area contributed by atoms with Crippen molar-refractivity contribution in [2.45, 2.75) is 18.9 Å². The minimum atomic E-state index is -0.625. The second-order valence-corrected chi connectivity index (χ2v) is 5.21. The van der Waals surface area contributed by atoms with Crippen molar-refractivity contribution in [3.63, 3.8) is 0 Å². The fourth-order valence-electron chi connectivity index (χ4n) is 1.85. The molecule has 1 aromatic carbocycles. The molecule has 19 heavy (non-hydrogen) atoms. The summed E-state index contributed by atoms with van der Waals surface area (Å²) >= 11 is 0. The van der Waals surface area contributed by atoms with Gasteiger partial charge in [-0.2, -0.15) is 0 Å². The highest BCUT2D eigenvalue weighted by molar-refractivity contribution is 5.22. The second-order valence-electron chi connectivity index (χ2n) is 5.21. The van der Waals surface area contributed by atoms with Gasteiger partial charge < -0.3 is 20.3 Å². The first kappa shape index (κ1) is 14.2. The zero-order chi connectivity index (χ0) is 13.7. The third-order valence-corrected chi connectivity index (χ3v) is 3.43. The predicted octanol–water partition coefficient (Wildman–Crippen LogP) is 0.927. The van der Waals surface area contributed by atoms with E-state index in [9.17, 15) is 9.50 Å². The molecule has 0 saturated heterocycles. The average Bonchev–Trinajstić information content (AvgIpc) is 3.19. The van der Waals surface area contributed by atoms with Crippen molar-refractivity contribution < 1.29 is 19.3 Å². The van der Waals surface area contributed by atoms with Crippen LogP contribution >= 0.6 is 0 Å². The molecular formula is C14H20FNO3. The molecule has 3 N–H and O–H groups in total. The third-order valence-electron chi connectivity index (χ3n) is 3.43. The predicted molar refractivity (Wildman–Crippen MR) is 69.5 cm³/mol. The van der Waals surface area contributed by atoms with Crippen LogP contribution in [-0.2, 0) is 0 Å². The maximum absolute atomic E-state index is 12.7. The molecule has 0 heterocycles. The molecule has 106 valence electrons. The highest BCUT2D eigenvalue weighted by atomic mass is 19.1. The molecule has 0 spiro atoms. The van der Waals surface area contributed by atoms with E-state index in [1.807, 2.05) is 0 Å². The Morgan fingerprint density at radius 2 is 2.00 bits per heavy atom. The summed E-state index contributed by atoms with van der Waals surface area (Å²) in [6.07, 6.45) is 1.46. The van der Waals surface area contributed by atoms with Gasteiger partial charge in [-0.05, 0) is 37.1 Å². The van der Waals surface area contributed by atoms with Crippen molar-refractivity contribution in [3.8, 4) is 5.75 Å². The Morgan fingerprint density at radius 1 is 1.32 bits per heavy atom. The lowest BCUT2D eigenvalue weighted by molar-refractivity contribution is 0.103. The van der Waals surface area contributed by atoms with E-state index in [1.165, 1.54) is 24.3 Å². The summed E-state index contributed by atoms with van der Waals surface area (Å²) in [5.41, 5.74) is 0.0392. The van der Waals surface area contributed by atoms with E-state index in [0.717, 1.165) is 19.4 Å². The van der Waals surface area contributed by atoms with Crippen molar-refractivity contribution in [2.24, 2.45) is 5.41 Å². The summed E-state index contributed by atoms with van der Waals surface area (Å²) in [7, 11) is 0. The van der Waals surface area contributed by atoms with E-state index in [2.05, 4.69) is 5.32 Å². The Bertz CT molecular complexity index is 392. The summed E-state index contributed by atoms with van der Waals surface area (Å²) in [6.45, 7) is 1.49. The van der Waals surface area contributed by atoms with Crippen molar-refractivity contribution in [2.75, 3.05) is 26.3 Å². The van der Waals surface area contributed by atoms with Crippen LogP contribution in [0.15, 0.2) is 24.3 Å². The number of benzene rings is 1. The molecule has 1 aliphatic carbocycles. The van der Waals surface area contributed by atoms with Gasteiger partial charge in [0.15, 0.2) is 0 Å². The molecule has 1 fully saturated rings. The SMILES string of the molecule is OCC1(CNCC(O)COc2ccc(F)cc2)CC1. The van der Waals surface area contributed by atoms with E-state index < -0.39 is 6.10 Å². The summed E-state index contributed by atoms with van der Waals surface area (Å²) in [4.78, 5) is 0. The molecule has 1 aromatic rings. The van der Waals surface area contributed by atoms with Gasteiger partial charge in [-0.3, -0.25) is 0 Å². The standard InChI is InChI=1S/C14H20FNO3/c15-11-1-3-13(4-2-11)19-8-12(18)7-16-9-14(10-17)5-6-14/h1-4,12,16-18H,5-10H2. The maximum atomic E-state index is 12.7. The van der Waals surface area contributed by atoms with Crippen molar-refractivity contribution in [1.29, 1.82) is 0 Å². The molecule has 5 heteroatoms. The first-order valence-electron chi connectivity index (χ1n) is 6.52. The van der Waals surface area contributed by atoms with Crippen LogP contribution in [0.5, 0.6) is 5.75 Å². The van der Waals surface area contributed by atoms with E-state index >= 15 is 0 Å². The zero-order valence-corrected chi connectivity index (χ0v) is 10.8. The molecule has 1 saturated carbocycles. The van der Waals surface area contributed by atoms with E-state index in [-0.39, 0.29) is 24.4 Å². The number of nitrogens with one attached hydrogen (secondary N) is 1. The monoisotopic (exact) mass is 269 g/mol. The smallest absolute Gasteiger partial charge is 0.123 e. The molecule has 0 bridgehead atoms. The Kier molecular flexibility index (Phi) is 4.74. The van der Waals surface area contributed by atoms with Gasteiger partial charge >= 0.3 is 0 Å². The van der Waals surface area contributed by atoms with Crippen molar-refractivity contribution in [3.05, 3.63) is 30.1 Å². The Labute approximate surface area is 112 Å². The number of hydrogen-bond donors (Lipinski definition) is 3. The Hall–Kier alpha value is -1.17. The highest BCUT2D eigenvalue weighted by Gasteiger charge is 2.41. The summed E-state index contributed by atoms with van der Waals surface area (Å²) < 4.78 is 18.0. The molecular weight excluding hydrogens is 249 g/mol. The quantitative estimate of drug-likeness (QED) is 0.657.